The number of aromatic hydroxyl groups is 1. The number of carbonyl (C=O) groups is 3. The van der Waals surface area contributed by atoms with Gasteiger partial charge in [0.2, 0.25) is 11.8 Å². The Morgan fingerprint density at radius 3 is 2.63 bits per heavy atom. The van der Waals surface area contributed by atoms with Crippen LogP contribution in [0.3, 0.4) is 0 Å². The molecule has 1 saturated carbocycles. The quantitative estimate of drug-likeness (QED) is 0.502. The Hall–Kier alpha value is -3.79. The first kappa shape index (κ1) is 27.4. The zero-order valence-electron chi connectivity index (χ0n) is 23.7. The van der Waals surface area contributed by atoms with E-state index in [-0.39, 0.29) is 36.7 Å². The van der Waals surface area contributed by atoms with E-state index in [2.05, 4.69) is 16.7 Å². The van der Waals surface area contributed by atoms with E-state index >= 15 is 0 Å². The van der Waals surface area contributed by atoms with E-state index < -0.39 is 12.2 Å². The number of hydrogen-bond acceptors (Lipinski definition) is 6. The number of carbonyl (C=O) groups excluding carboxylic acids is 3. The molecule has 2 aromatic rings. The fourth-order valence-electron chi connectivity index (χ4n) is 6.95. The lowest BCUT2D eigenvalue weighted by molar-refractivity contribution is -0.187. The molecule has 4 amide bonds. The Balaban J connectivity index is 1.30. The first-order chi connectivity index (χ1) is 19.9. The number of hydrazine groups is 1. The molecule has 3 N–H and O–H groups in total. The van der Waals surface area contributed by atoms with Gasteiger partial charge in [-0.3, -0.25) is 9.59 Å². The molecule has 2 saturated heterocycles. The fraction of sp³-hybridized carbons (Fsp3) is 0.516. The fourth-order valence-corrected chi connectivity index (χ4v) is 6.95. The van der Waals surface area contributed by atoms with E-state index in [0.717, 1.165) is 42.6 Å². The molecule has 6 rings (SSSR count). The highest BCUT2D eigenvalue weighted by Gasteiger charge is 2.50. The van der Waals surface area contributed by atoms with Gasteiger partial charge in [0.15, 0.2) is 0 Å². The van der Waals surface area contributed by atoms with Gasteiger partial charge in [-0.1, -0.05) is 49.6 Å². The van der Waals surface area contributed by atoms with E-state index in [1.54, 1.807) is 51.1 Å². The molecule has 1 unspecified atom stereocenters. The lowest BCUT2D eigenvalue weighted by atomic mass is 9.89. The molecule has 10 heteroatoms. The smallest absolute Gasteiger partial charge is 0.333 e. The third kappa shape index (κ3) is 5.57. The van der Waals surface area contributed by atoms with Crippen LogP contribution in [0.15, 0.2) is 42.5 Å². The molecule has 0 spiro atoms. The third-order valence-corrected chi connectivity index (χ3v) is 9.07. The predicted octanol–water partition coefficient (Wildman–Crippen LogP) is 2.92. The molecule has 2 atom stereocenters. The van der Waals surface area contributed by atoms with Crippen molar-refractivity contribution in [1.29, 1.82) is 0 Å². The summed E-state index contributed by atoms with van der Waals surface area (Å²) in [6.45, 7) is 2.12. The van der Waals surface area contributed by atoms with Crippen molar-refractivity contribution >= 4 is 23.5 Å². The van der Waals surface area contributed by atoms with Gasteiger partial charge < -0.3 is 25.5 Å². The first-order valence-corrected chi connectivity index (χ1v) is 14.9. The summed E-state index contributed by atoms with van der Waals surface area (Å²) in [6.07, 6.45) is 6.51. The summed E-state index contributed by atoms with van der Waals surface area (Å²) in [7, 11) is 1.76. The van der Waals surface area contributed by atoms with Gasteiger partial charge in [-0.15, -0.1) is 0 Å². The molecule has 41 heavy (non-hydrogen) atoms. The molecule has 0 radical (unpaired) electrons. The lowest BCUT2D eigenvalue weighted by Crippen LogP contribution is -2.76. The predicted molar refractivity (Wildman–Crippen MR) is 155 cm³/mol. The number of hydrogen-bond donors (Lipinski definition) is 3. The highest BCUT2D eigenvalue weighted by Crippen LogP contribution is 2.32. The van der Waals surface area contributed by atoms with Gasteiger partial charge >= 0.3 is 6.03 Å². The highest BCUT2D eigenvalue weighted by molar-refractivity contribution is 5.91. The van der Waals surface area contributed by atoms with Crippen molar-refractivity contribution in [2.24, 2.45) is 5.92 Å². The number of nitrogens with zero attached hydrogens (tertiary/aromatic N) is 4. The molecular formula is C31H40N6O4. The van der Waals surface area contributed by atoms with Crippen LogP contribution in [0.4, 0.5) is 10.5 Å². The van der Waals surface area contributed by atoms with Crippen molar-refractivity contribution in [2.75, 3.05) is 38.5 Å². The second kappa shape index (κ2) is 11.6. The Morgan fingerprint density at radius 1 is 1.07 bits per heavy atom. The Labute approximate surface area is 241 Å². The summed E-state index contributed by atoms with van der Waals surface area (Å²) in [5.74, 6) is 0.309. The van der Waals surface area contributed by atoms with Crippen LogP contribution in [0.1, 0.15) is 48.8 Å². The molecule has 0 aromatic heterocycles. The van der Waals surface area contributed by atoms with Gasteiger partial charge in [0.1, 0.15) is 18.0 Å². The Morgan fingerprint density at radius 2 is 1.85 bits per heavy atom. The number of piperazine rings is 1. The molecule has 1 aliphatic carbocycles. The number of likely N-dealkylation sites (N-methyl/N-ethyl adjacent to an activating group) is 1. The zero-order chi connectivity index (χ0) is 28.5. The van der Waals surface area contributed by atoms with Gasteiger partial charge in [-0.2, -0.15) is 0 Å². The van der Waals surface area contributed by atoms with Crippen LogP contribution in [-0.4, -0.2) is 88.2 Å². The van der Waals surface area contributed by atoms with Gasteiger partial charge in [0.05, 0.1) is 13.1 Å². The number of rotatable bonds is 6. The van der Waals surface area contributed by atoms with Crippen LogP contribution in [0.2, 0.25) is 0 Å². The average molecular weight is 561 g/mol. The van der Waals surface area contributed by atoms with Gasteiger partial charge in [0, 0.05) is 38.8 Å². The molecule has 3 heterocycles. The number of phenolic OH excluding ortho intramolecular Hbond substituents is 1. The molecule has 4 aliphatic rings. The van der Waals surface area contributed by atoms with Crippen molar-refractivity contribution in [3.8, 4) is 5.75 Å². The molecular weight excluding hydrogens is 520 g/mol. The van der Waals surface area contributed by atoms with Crippen molar-refractivity contribution in [2.45, 2.75) is 63.7 Å². The number of benzene rings is 2. The maximum Gasteiger partial charge on any atom is 0.333 e. The minimum absolute atomic E-state index is 0.0167. The van der Waals surface area contributed by atoms with Gasteiger partial charge in [-0.05, 0) is 54.0 Å². The van der Waals surface area contributed by atoms with E-state index in [1.165, 1.54) is 24.8 Å². The number of para-hydroxylation sites is 1. The molecule has 10 nitrogen and oxygen atoms in total. The van der Waals surface area contributed by atoms with Crippen LogP contribution in [0.25, 0.3) is 0 Å². The lowest BCUT2D eigenvalue weighted by Gasteiger charge is -2.54. The van der Waals surface area contributed by atoms with Crippen LogP contribution in [-0.2, 0) is 29.0 Å². The minimum Gasteiger partial charge on any atom is -0.508 e. The number of anilines is 1. The first-order valence-electron chi connectivity index (χ1n) is 14.9. The van der Waals surface area contributed by atoms with Crippen molar-refractivity contribution in [1.82, 2.24) is 25.1 Å². The van der Waals surface area contributed by atoms with E-state index in [9.17, 15) is 19.5 Å². The van der Waals surface area contributed by atoms with Crippen LogP contribution >= 0.6 is 0 Å². The Bertz CT molecular complexity index is 1290. The van der Waals surface area contributed by atoms with E-state index in [4.69, 9.17) is 0 Å². The number of fused-ring (bicyclic) bond motifs is 2. The summed E-state index contributed by atoms with van der Waals surface area (Å²) in [5, 5.41) is 19.7. The summed E-state index contributed by atoms with van der Waals surface area (Å²) in [4.78, 5) is 44.8. The zero-order valence-corrected chi connectivity index (χ0v) is 23.7. The van der Waals surface area contributed by atoms with E-state index in [0.29, 0.717) is 25.4 Å². The van der Waals surface area contributed by atoms with Crippen molar-refractivity contribution in [3.63, 3.8) is 0 Å². The monoisotopic (exact) mass is 560 g/mol. The summed E-state index contributed by atoms with van der Waals surface area (Å²) in [6, 6.07) is 11.9. The van der Waals surface area contributed by atoms with Gasteiger partial charge in [0.25, 0.3) is 0 Å². The summed E-state index contributed by atoms with van der Waals surface area (Å²) < 4.78 is 0. The largest absolute Gasteiger partial charge is 0.508 e. The Kier molecular flexibility index (Phi) is 7.75. The maximum atomic E-state index is 14.1. The summed E-state index contributed by atoms with van der Waals surface area (Å²) >= 11 is 0. The van der Waals surface area contributed by atoms with Gasteiger partial charge in [-0.25, -0.2) is 14.8 Å². The van der Waals surface area contributed by atoms with Crippen molar-refractivity contribution in [3.05, 3.63) is 59.2 Å². The molecule has 3 aliphatic heterocycles. The second-order valence-corrected chi connectivity index (χ2v) is 11.9. The second-order valence-electron chi connectivity index (χ2n) is 11.9. The molecule has 2 aromatic carbocycles. The highest BCUT2D eigenvalue weighted by atomic mass is 16.3. The van der Waals surface area contributed by atoms with E-state index in [1.807, 2.05) is 12.1 Å². The number of urea groups is 1. The average Bonchev–Trinajstić information content (AvgIpc) is 3.46. The molecule has 0 bridgehead atoms. The number of amides is 4. The standard InChI is InChI=1S/C31H40N6O4/c1-34-20-28(39)36-26(16-21-10-12-25(38)13-11-21)30(40)35(18-24-9-5-8-23-14-15-32-29(23)24)19-27(36)37(34)31(41)33-17-22-6-3-2-4-7-22/h5,8-13,22,26-27,32,38H,2-4,6-7,14-20H2,1H3,(H,33,41)/t26-,27?/m0/s1. The van der Waals surface area contributed by atoms with Crippen LogP contribution in [0.5, 0.6) is 5.75 Å². The van der Waals surface area contributed by atoms with Crippen LogP contribution < -0.4 is 10.6 Å². The maximum absolute atomic E-state index is 14.1. The minimum atomic E-state index is -0.766. The molecule has 3 fully saturated rings. The third-order valence-electron chi connectivity index (χ3n) is 9.07. The summed E-state index contributed by atoms with van der Waals surface area (Å²) in [5.41, 5.74) is 4.19. The number of nitrogens with one attached hydrogen (secondary N) is 2. The van der Waals surface area contributed by atoms with Crippen LogP contribution in [0, 0.1) is 5.92 Å². The molecule has 218 valence electrons. The number of phenols is 1. The topological polar surface area (TPSA) is 108 Å². The SMILES string of the molecule is CN1CC(=O)N2C(CN(Cc3cccc4c3NCC4)C(=O)[C@@H]2Cc2ccc(O)cc2)N1C(=O)NCC1CCCCC1. The van der Waals surface area contributed by atoms with Crippen molar-refractivity contribution < 1.29 is 19.5 Å². The normalized spacial score (nSPS) is 23.3.